The smallest absolute Gasteiger partial charge is 0.306 e. The van der Waals surface area contributed by atoms with Crippen molar-refractivity contribution < 1.29 is 9.53 Å². The second kappa shape index (κ2) is 27.0. The van der Waals surface area contributed by atoms with Crippen molar-refractivity contribution in [2.24, 2.45) is 17.8 Å². The third-order valence-corrected chi connectivity index (χ3v) is 7.39. The molecule has 38 heavy (non-hydrogen) atoms. The van der Waals surface area contributed by atoms with Gasteiger partial charge in [0.1, 0.15) is 6.61 Å². The number of allylic oxidation sites excluding steroid dienone is 7. The molecule has 0 radical (unpaired) electrons. The van der Waals surface area contributed by atoms with Crippen LogP contribution in [0.5, 0.6) is 0 Å². The van der Waals surface area contributed by atoms with Crippen molar-refractivity contribution in [2.75, 3.05) is 6.61 Å². The lowest BCUT2D eigenvalue weighted by atomic mass is 9.91. The Morgan fingerprint density at radius 1 is 0.632 bits per heavy atom. The molecule has 0 aliphatic heterocycles. The first-order valence-corrected chi connectivity index (χ1v) is 16.1. The minimum atomic E-state index is -0.0619. The predicted molar refractivity (Wildman–Crippen MR) is 169 cm³/mol. The van der Waals surface area contributed by atoms with Crippen LogP contribution in [0.2, 0.25) is 0 Å². The maximum atomic E-state index is 12.0. The highest BCUT2D eigenvalue weighted by atomic mass is 16.5. The zero-order valence-corrected chi connectivity index (χ0v) is 26.3. The standard InChI is InChI=1S/C36H64O2/c1-7-8-9-10-11-12-13-14-15-16-17-18-19-29-36(37)38-31-30-35(6)28-22-27-34(5)26-21-25-33(4)24-20-23-32(2)3/h7-8,11-12,15-16,30,32-34H,9-10,13-14,17-29,31H2,1-6H3. The Hall–Kier alpha value is -1.57. The summed E-state index contributed by atoms with van der Waals surface area (Å²) in [6.07, 6.45) is 35.4. The first kappa shape index (κ1) is 36.4. The quantitative estimate of drug-likeness (QED) is 0.0669. The zero-order valence-electron chi connectivity index (χ0n) is 26.3. The molecule has 0 bridgehead atoms. The van der Waals surface area contributed by atoms with Crippen LogP contribution in [-0.2, 0) is 9.53 Å². The summed E-state index contributed by atoms with van der Waals surface area (Å²) in [5.41, 5.74) is 1.35. The molecule has 0 spiro atoms. The first-order chi connectivity index (χ1) is 18.3. The van der Waals surface area contributed by atoms with E-state index < -0.39 is 0 Å². The fraction of sp³-hybridized carbons (Fsp3) is 0.750. The number of unbranched alkanes of at least 4 members (excludes halogenated alkanes) is 4. The van der Waals surface area contributed by atoms with Gasteiger partial charge in [-0.2, -0.15) is 0 Å². The number of hydrogen-bond acceptors (Lipinski definition) is 2. The molecule has 0 saturated carbocycles. The average Bonchev–Trinajstić information content (AvgIpc) is 2.86. The number of rotatable bonds is 25. The van der Waals surface area contributed by atoms with Gasteiger partial charge in [-0.15, -0.1) is 0 Å². The number of carbonyl (C=O) groups excluding carboxylic acids is 1. The second-order valence-corrected chi connectivity index (χ2v) is 12.0. The Morgan fingerprint density at radius 2 is 1.16 bits per heavy atom. The summed E-state index contributed by atoms with van der Waals surface area (Å²) in [4.78, 5) is 12.0. The van der Waals surface area contributed by atoms with Gasteiger partial charge >= 0.3 is 5.97 Å². The van der Waals surface area contributed by atoms with Crippen LogP contribution in [-0.4, -0.2) is 12.6 Å². The molecule has 0 amide bonds. The molecule has 0 saturated heterocycles. The lowest BCUT2D eigenvalue weighted by molar-refractivity contribution is -0.142. The van der Waals surface area contributed by atoms with Crippen LogP contribution in [0.25, 0.3) is 0 Å². The molecule has 2 heteroatoms. The van der Waals surface area contributed by atoms with Crippen LogP contribution in [0, 0.1) is 17.8 Å². The molecule has 0 rings (SSSR count). The maximum absolute atomic E-state index is 12.0. The molecule has 220 valence electrons. The molecule has 0 fully saturated rings. The van der Waals surface area contributed by atoms with Gasteiger partial charge in [0.15, 0.2) is 0 Å². The molecular weight excluding hydrogens is 464 g/mol. The molecular formula is C36H64O2. The van der Waals surface area contributed by atoms with Crippen molar-refractivity contribution in [3.05, 3.63) is 48.1 Å². The van der Waals surface area contributed by atoms with Crippen molar-refractivity contribution >= 4 is 5.97 Å². The van der Waals surface area contributed by atoms with Crippen molar-refractivity contribution in [1.29, 1.82) is 0 Å². The van der Waals surface area contributed by atoms with E-state index in [-0.39, 0.29) is 5.97 Å². The van der Waals surface area contributed by atoms with Gasteiger partial charge in [-0.25, -0.2) is 0 Å². The number of esters is 1. The SMILES string of the molecule is CC=CCCC=CCCC=CCCCCC(=O)OCC=C(C)CCCC(C)CCCC(C)CCCC(C)C. The van der Waals surface area contributed by atoms with E-state index in [4.69, 9.17) is 4.74 Å². The summed E-state index contributed by atoms with van der Waals surface area (Å²) < 4.78 is 5.42. The van der Waals surface area contributed by atoms with Crippen molar-refractivity contribution in [1.82, 2.24) is 0 Å². The average molecular weight is 529 g/mol. The molecule has 0 aromatic carbocycles. The van der Waals surface area contributed by atoms with Crippen molar-refractivity contribution in [2.45, 2.75) is 151 Å². The van der Waals surface area contributed by atoms with E-state index in [1.807, 2.05) is 0 Å². The summed E-state index contributed by atoms with van der Waals surface area (Å²) in [6.45, 7) is 14.2. The summed E-state index contributed by atoms with van der Waals surface area (Å²) in [5, 5.41) is 0. The number of hydrogen-bond donors (Lipinski definition) is 0. The van der Waals surface area contributed by atoms with E-state index >= 15 is 0 Å². The van der Waals surface area contributed by atoms with Gasteiger partial charge < -0.3 is 4.74 Å². The van der Waals surface area contributed by atoms with E-state index in [0.29, 0.717) is 13.0 Å². The largest absolute Gasteiger partial charge is 0.461 e. The van der Waals surface area contributed by atoms with E-state index in [1.165, 1.54) is 56.9 Å². The fourth-order valence-electron chi connectivity index (χ4n) is 4.71. The highest BCUT2D eigenvalue weighted by molar-refractivity contribution is 5.69. The lowest BCUT2D eigenvalue weighted by Crippen LogP contribution is -2.04. The Labute approximate surface area is 238 Å². The molecule has 0 aliphatic rings. The Balaban J connectivity index is 3.67. The zero-order chi connectivity index (χ0) is 28.3. The van der Waals surface area contributed by atoms with E-state index in [0.717, 1.165) is 69.1 Å². The van der Waals surface area contributed by atoms with E-state index in [2.05, 4.69) is 84.1 Å². The molecule has 2 nitrogen and oxygen atoms in total. The summed E-state index contributed by atoms with van der Waals surface area (Å²) in [5.74, 6) is 2.48. The van der Waals surface area contributed by atoms with Crippen LogP contribution in [0.4, 0.5) is 0 Å². The van der Waals surface area contributed by atoms with Gasteiger partial charge in [-0.1, -0.05) is 115 Å². The molecule has 0 N–H and O–H groups in total. The Kier molecular flexibility index (Phi) is 25.9. The monoisotopic (exact) mass is 528 g/mol. The lowest BCUT2D eigenvalue weighted by Gasteiger charge is -2.15. The molecule has 0 aromatic heterocycles. The number of ether oxygens (including phenoxy) is 1. The first-order valence-electron chi connectivity index (χ1n) is 16.1. The maximum Gasteiger partial charge on any atom is 0.306 e. The molecule has 2 atom stereocenters. The molecule has 0 aliphatic carbocycles. The molecule has 0 aromatic rings. The van der Waals surface area contributed by atoms with Crippen LogP contribution in [0.3, 0.4) is 0 Å². The van der Waals surface area contributed by atoms with Crippen LogP contribution >= 0.6 is 0 Å². The third-order valence-electron chi connectivity index (χ3n) is 7.39. The summed E-state index contributed by atoms with van der Waals surface area (Å²) in [7, 11) is 0. The highest BCUT2D eigenvalue weighted by Gasteiger charge is 2.07. The molecule has 0 heterocycles. The van der Waals surface area contributed by atoms with Gasteiger partial charge in [0.2, 0.25) is 0 Å². The van der Waals surface area contributed by atoms with Crippen molar-refractivity contribution in [3.8, 4) is 0 Å². The van der Waals surface area contributed by atoms with E-state index in [9.17, 15) is 4.79 Å². The van der Waals surface area contributed by atoms with Gasteiger partial charge in [-0.3, -0.25) is 4.79 Å². The molecule has 2 unspecified atom stereocenters. The Morgan fingerprint density at radius 3 is 1.74 bits per heavy atom. The second-order valence-electron chi connectivity index (χ2n) is 12.0. The summed E-state index contributed by atoms with van der Waals surface area (Å²) in [6, 6.07) is 0. The van der Waals surface area contributed by atoms with Crippen molar-refractivity contribution in [3.63, 3.8) is 0 Å². The van der Waals surface area contributed by atoms with Gasteiger partial charge in [0.05, 0.1) is 0 Å². The van der Waals surface area contributed by atoms with Crippen LogP contribution in [0.15, 0.2) is 48.1 Å². The predicted octanol–water partition coefficient (Wildman–Crippen LogP) is 11.7. The third kappa shape index (κ3) is 27.5. The van der Waals surface area contributed by atoms with Crippen LogP contribution < -0.4 is 0 Å². The minimum absolute atomic E-state index is 0.0619. The minimum Gasteiger partial charge on any atom is -0.461 e. The van der Waals surface area contributed by atoms with Gasteiger partial charge in [0.25, 0.3) is 0 Å². The Bertz CT molecular complexity index is 652. The van der Waals surface area contributed by atoms with Gasteiger partial charge in [-0.05, 0) is 95.5 Å². The van der Waals surface area contributed by atoms with E-state index in [1.54, 1.807) is 0 Å². The topological polar surface area (TPSA) is 26.3 Å². The van der Waals surface area contributed by atoms with Gasteiger partial charge in [0, 0.05) is 6.42 Å². The van der Waals surface area contributed by atoms with Crippen LogP contribution in [0.1, 0.15) is 151 Å². The normalized spacial score (nSPS) is 14.3. The highest BCUT2D eigenvalue weighted by Crippen LogP contribution is 2.22. The summed E-state index contributed by atoms with van der Waals surface area (Å²) >= 11 is 0. The fourth-order valence-corrected chi connectivity index (χ4v) is 4.71. The number of carbonyl (C=O) groups is 1.